The average molecular weight is 251 g/mol. The molecular weight excluding hydrogens is 230 g/mol. The maximum atomic E-state index is 11.9. The van der Waals surface area contributed by atoms with Crippen LogP contribution in [0.1, 0.15) is 43.8 Å². The van der Waals surface area contributed by atoms with Gasteiger partial charge in [-0.25, -0.2) is 0 Å². The van der Waals surface area contributed by atoms with Gasteiger partial charge in [-0.3, -0.25) is 9.48 Å². The van der Waals surface area contributed by atoms with E-state index in [1.807, 2.05) is 6.07 Å². The molecule has 1 aromatic heterocycles. The number of aliphatic hydroxyl groups is 1. The van der Waals surface area contributed by atoms with Crippen molar-refractivity contribution in [2.24, 2.45) is 13.0 Å². The predicted molar refractivity (Wildman–Crippen MR) is 67.8 cm³/mol. The second-order valence-electron chi connectivity index (χ2n) is 5.04. The van der Waals surface area contributed by atoms with E-state index in [2.05, 4.69) is 10.4 Å². The molecule has 2 N–H and O–H groups in total. The minimum absolute atomic E-state index is 0.0298. The van der Waals surface area contributed by atoms with Crippen LogP contribution in [-0.4, -0.2) is 27.4 Å². The standard InChI is InChI=1S/C13H21N3O2/c1-16-12(6-7-14-16)11(9-17)15-13(18)8-10-4-2-3-5-10/h6-7,10-11,17H,2-5,8-9H2,1H3,(H,15,18). The highest BCUT2D eigenvalue weighted by molar-refractivity contribution is 5.76. The highest BCUT2D eigenvalue weighted by atomic mass is 16.3. The zero-order chi connectivity index (χ0) is 13.0. The lowest BCUT2D eigenvalue weighted by atomic mass is 10.0. The summed E-state index contributed by atoms with van der Waals surface area (Å²) in [4.78, 5) is 11.9. The van der Waals surface area contributed by atoms with Crippen molar-refractivity contribution in [2.45, 2.75) is 38.1 Å². The molecule has 1 aromatic rings. The Morgan fingerprint density at radius 2 is 2.33 bits per heavy atom. The molecule has 5 heteroatoms. The summed E-state index contributed by atoms with van der Waals surface area (Å²) in [6, 6.07) is 1.46. The summed E-state index contributed by atoms with van der Waals surface area (Å²) in [7, 11) is 1.81. The maximum absolute atomic E-state index is 11.9. The summed E-state index contributed by atoms with van der Waals surface area (Å²) in [5, 5.41) is 16.3. The van der Waals surface area contributed by atoms with Crippen molar-refractivity contribution in [3.63, 3.8) is 0 Å². The van der Waals surface area contributed by atoms with Crippen LogP contribution in [0.25, 0.3) is 0 Å². The van der Waals surface area contributed by atoms with Gasteiger partial charge in [0.2, 0.25) is 5.91 Å². The summed E-state index contributed by atoms with van der Waals surface area (Å²) in [5.74, 6) is 0.554. The normalized spacial score (nSPS) is 17.9. The fraction of sp³-hybridized carbons (Fsp3) is 0.692. The van der Waals surface area contributed by atoms with Gasteiger partial charge in [-0.1, -0.05) is 12.8 Å². The third-order valence-electron chi connectivity index (χ3n) is 3.68. The number of nitrogens with zero attached hydrogens (tertiary/aromatic N) is 2. The first kappa shape index (κ1) is 13.1. The van der Waals surface area contributed by atoms with Gasteiger partial charge < -0.3 is 10.4 Å². The van der Waals surface area contributed by atoms with Crippen LogP contribution in [0.15, 0.2) is 12.3 Å². The first-order valence-corrected chi connectivity index (χ1v) is 6.59. The number of nitrogens with one attached hydrogen (secondary N) is 1. The summed E-state index contributed by atoms with van der Waals surface area (Å²) >= 11 is 0. The molecule has 1 heterocycles. The van der Waals surface area contributed by atoms with Crippen molar-refractivity contribution in [2.75, 3.05) is 6.61 Å². The van der Waals surface area contributed by atoms with Crippen LogP contribution in [0.5, 0.6) is 0 Å². The third kappa shape index (κ3) is 3.10. The van der Waals surface area contributed by atoms with E-state index in [9.17, 15) is 9.90 Å². The SMILES string of the molecule is Cn1nccc1C(CO)NC(=O)CC1CCCC1. The van der Waals surface area contributed by atoms with Crippen LogP contribution < -0.4 is 5.32 Å². The number of carbonyl (C=O) groups is 1. The van der Waals surface area contributed by atoms with Crippen LogP contribution in [0.4, 0.5) is 0 Å². The van der Waals surface area contributed by atoms with E-state index in [0.717, 1.165) is 18.5 Å². The molecule has 100 valence electrons. The van der Waals surface area contributed by atoms with Crippen molar-refractivity contribution >= 4 is 5.91 Å². The molecule has 0 spiro atoms. The first-order valence-electron chi connectivity index (χ1n) is 6.59. The Labute approximate surface area is 107 Å². The van der Waals surface area contributed by atoms with Gasteiger partial charge in [-0.05, 0) is 24.8 Å². The van der Waals surface area contributed by atoms with E-state index in [-0.39, 0.29) is 18.6 Å². The Hall–Kier alpha value is -1.36. The largest absolute Gasteiger partial charge is 0.394 e. The Kier molecular flexibility index (Phi) is 4.36. The second kappa shape index (κ2) is 6.00. The van der Waals surface area contributed by atoms with Gasteiger partial charge in [0, 0.05) is 19.7 Å². The number of aryl methyl sites for hydroxylation is 1. The maximum Gasteiger partial charge on any atom is 0.220 e. The molecule has 1 saturated carbocycles. The molecule has 0 bridgehead atoms. The van der Waals surface area contributed by atoms with E-state index < -0.39 is 0 Å². The average Bonchev–Trinajstić information content (AvgIpc) is 2.98. The summed E-state index contributed by atoms with van der Waals surface area (Å²) < 4.78 is 1.68. The molecule has 1 aliphatic carbocycles. The lowest BCUT2D eigenvalue weighted by molar-refractivity contribution is -0.123. The van der Waals surface area contributed by atoms with Gasteiger partial charge in [0.15, 0.2) is 0 Å². The summed E-state index contributed by atoms with van der Waals surface area (Å²) in [5.41, 5.74) is 0.831. The van der Waals surface area contributed by atoms with Gasteiger partial charge >= 0.3 is 0 Å². The number of hydrogen-bond acceptors (Lipinski definition) is 3. The molecule has 1 aliphatic rings. The smallest absolute Gasteiger partial charge is 0.220 e. The van der Waals surface area contributed by atoms with Gasteiger partial charge in [0.25, 0.3) is 0 Å². The number of rotatable bonds is 5. The lowest BCUT2D eigenvalue weighted by Gasteiger charge is -2.18. The zero-order valence-corrected chi connectivity index (χ0v) is 10.8. The van der Waals surface area contributed by atoms with Gasteiger partial charge in [-0.2, -0.15) is 5.10 Å². The van der Waals surface area contributed by atoms with Crippen molar-refractivity contribution in [1.82, 2.24) is 15.1 Å². The van der Waals surface area contributed by atoms with E-state index in [1.54, 1.807) is 17.9 Å². The number of carbonyl (C=O) groups excluding carboxylic acids is 1. The zero-order valence-electron chi connectivity index (χ0n) is 10.8. The van der Waals surface area contributed by atoms with Gasteiger partial charge in [-0.15, -0.1) is 0 Å². The monoisotopic (exact) mass is 251 g/mol. The Bertz CT molecular complexity index is 397. The molecule has 1 fully saturated rings. The van der Waals surface area contributed by atoms with Crippen molar-refractivity contribution in [1.29, 1.82) is 0 Å². The molecule has 1 unspecified atom stereocenters. The van der Waals surface area contributed by atoms with E-state index >= 15 is 0 Å². The molecule has 0 radical (unpaired) electrons. The number of hydrogen-bond donors (Lipinski definition) is 2. The lowest BCUT2D eigenvalue weighted by Crippen LogP contribution is -2.33. The van der Waals surface area contributed by atoms with Crippen LogP contribution in [-0.2, 0) is 11.8 Å². The molecule has 18 heavy (non-hydrogen) atoms. The van der Waals surface area contributed by atoms with E-state index in [1.165, 1.54) is 12.8 Å². The number of aromatic nitrogens is 2. The molecule has 0 aliphatic heterocycles. The highest BCUT2D eigenvalue weighted by Crippen LogP contribution is 2.27. The topological polar surface area (TPSA) is 67.2 Å². The molecular formula is C13H21N3O2. The van der Waals surface area contributed by atoms with E-state index in [4.69, 9.17) is 0 Å². The minimum Gasteiger partial charge on any atom is -0.394 e. The highest BCUT2D eigenvalue weighted by Gasteiger charge is 2.21. The summed E-state index contributed by atoms with van der Waals surface area (Å²) in [6.45, 7) is -0.101. The first-order chi connectivity index (χ1) is 8.70. The Morgan fingerprint density at radius 3 is 2.89 bits per heavy atom. The fourth-order valence-electron chi connectivity index (χ4n) is 2.67. The summed E-state index contributed by atoms with van der Waals surface area (Å²) in [6.07, 6.45) is 7.04. The molecule has 0 aromatic carbocycles. The third-order valence-corrected chi connectivity index (χ3v) is 3.68. The van der Waals surface area contributed by atoms with Crippen molar-refractivity contribution in [3.05, 3.63) is 18.0 Å². The number of aliphatic hydroxyl groups excluding tert-OH is 1. The van der Waals surface area contributed by atoms with Crippen LogP contribution in [0.2, 0.25) is 0 Å². The molecule has 1 amide bonds. The fourth-order valence-corrected chi connectivity index (χ4v) is 2.67. The molecule has 1 atom stereocenters. The molecule has 5 nitrogen and oxygen atoms in total. The Morgan fingerprint density at radius 1 is 1.61 bits per heavy atom. The second-order valence-corrected chi connectivity index (χ2v) is 5.04. The predicted octanol–water partition coefficient (Wildman–Crippen LogP) is 1.15. The molecule has 0 saturated heterocycles. The van der Waals surface area contributed by atoms with Gasteiger partial charge in [0.1, 0.15) is 0 Å². The Balaban J connectivity index is 1.89. The van der Waals surface area contributed by atoms with Crippen LogP contribution >= 0.6 is 0 Å². The van der Waals surface area contributed by atoms with Crippen LogP contribution in [0.3, 0.4) is 0 Å². The number of amides is 1. The van der Waals surface area contributed by atoms with Crippen molar-refractivity contribution < 1.29 is 9.90 Å². The quantitative estimate of drug-likeness (QED) is 0.825. The minimum atomic E-state index is -0.355. The van der Waals surface area contributed by atoms with E-state index in [0.29, 0.717) is 12.3 Å². The molecule has 2 rings (SSSR count). The van der Waals surface area contributed by atoms with Gasteiger partial charge in [0.05, 0.1) is 18.3 Å². The van der Waals surface area contributed by atoms with Crippen LogP contribution in [0, 0.1) is 5.92 Å². The van der Waals surface area contributed by atoms with Crippen molar-refractivity contribution in [3.8, 4) is 0 Å².